The normalized spacial score (nSPS) is 15.5. The van der Waals surface area contributed by atoms with Crippen LogP contribution in [0.3, 0.4) is 0 Å². The van der Waals surface area contributed by atoms with Gasteiger partial charge >= 0.3 is 0 Å². The first-order valence-electron chi connectivity index (χ1n) is 8.11. The highest BCUT2D eigenvalue weighted by Gasteiger charge is 2.21. The lowest BCUT2D eigenvalue weighted by atomic mass is 10.1. The average Bonchev–Trinajstić information content (AvgIpc) is 2.60. The van der Waals surface area contributed by atoms with Crippen molar-refractivity contribution in [3.63, 3.8) is 0 Å². The summed E-state index contributed by atoms with van der Waals surface area (Å²) in [5.74, 6) is 1.68. The van der Waals surface area contributed by atoms with Crippen LogP contribution in [0.4, 0.5) is 0 Å². The van der Waals surface area contributed by atoms with Crippen molar-refractivity contribution in [1.29, 1.82) is 0 Å². The number of rotatable bonds is 7. The molecule has 9 heteroatoms. The van der Waals surface area contributed by atoms with E-state index < -0.39 is 10.0 Å². The van der Waals surface area contributed by atoms with E-state index in [1.54, 1.807) is 6.07 Å². The second-order valence-electron chi connectivity index (χ2n) is 6.18. The van der Waals surface area contributed by atoms with Crippen LogP contribution in [0.1, 0.15) is 20.3 Å². The first kappa shape index (κ1) is 19.3. The van der Waals surface area contributed by atoms with Crippen molar-refractivity contribution in [3.8, 4) is 11.5 Å². The highest BCUT2D eigenvalue weighted by atomic mass is 32.2. The molecule has 1 heterocycles. The number of ether oxygens (including phenoxy) is 2. The van der Waals surface area contributed by atoms with Gasteiger partial charge < -0.3 is 14.8 Å². The SMILES string of the molecule is COc1ccc(S(=O)(=O)NC2=NCN(CCC(C)C)CN2)cc1OC. The minimum Gasteiger partial charge on any atom is -0.493 e. The zero-order valence-corrected chi connectivity index (χ0v) is 15.9. The predicted molar refractivity (Wildman–Crippen MR) is 96.3 cm³/mol. The summed E-state index contributed by atoms with van der Waals surface area (Å²) >= 11 is 0. The summed E-state index contributed by atoms with van der Waals surface area (Å²) in [5, 5.41) is 3.00. The molecular formula is C16H26N4O4S. The molecule has 140 valence electrons. The van der Waals surface area contributed by atoms with Crippen molar-refractivity contribution in [2.75, 3.05) is 34.1 Å². The summed E-state index contributed by atoms with van der Waals surface area (Å²) in [6, 6.07) is 4.43. The Bertz CT molecular complexity index is 719. The van der Waals surface area contributed by atoms with E-state index in [0.717, 1.165) is 13.0 Å². The summed E-state index contributed by atoms with van der Waals surface area (Å²) < 4.78 is 37.8. The van der Waals surface area contributed by atoms with Crippen molar-refractivity contribution in [2.45, 2.75) is 25.2 Å². The fourth-order valence-electron chi connectivity index (χ4n) is 2.29. The van der Waals surface area contributed by atoms with Gasteiger partial charge in [-0.15, -0.1) is 0 Å². The number of benzene rings is 1. The van der Waals surface area contributed by atoms with Gasteiger partial charge in [-0.1, -0.05) is 13.8 Å². The van der Waals surface area contributed by atoms with E-state index >= 15 is 0 Å². The monoisotopic (exact) mass is 370 g/mol. The zero-order valence-electron chi connectivity index (χ0n) is 15.1. The number of nitrogens with zero attached hydrogens (tertiary/aromatic N) is 2. The smallest absolute Gasteiger partial charge is 0.264 e. The van der Waals surface area contributed by atoms with E-state index in [-0.39, 0.29) is 10.9 Å². The number of methoxy groups -OCH3 is 2. The van der Waals surface area contributed by atoms with E-state index in [1.165, 1.54) is 26.4 Å². The second-order valence-corrected chi connectivity index (χ2v) is 7.86. The number of hydrogen-bond donors (Lipinski definition) is 2. The molecule has 1 aromatic carbocycles. The molecule has 0 saturated heterocycles. The molecule has 0 unspecified atom stereocenters. The third-order valence-electron chi connectivity index (χ3n) is 3.82. The molecule has 0 atom stereocenters. The van der Waals surface area contributed by atoms with Crippen molar-refractivity contribution in [3.05, 3.63) is 18.2 Å². The average molecular weight is 370 g/mol. The zero-order chi connectivity index (χ0) is 18.4. The minimum absolute atomic E-state index is 0.0805. The lowest BCUT2D eigenvalue weighted by molar-refractivity contribution is 0.248. The van der Waals surface area contributed by atoms with Gasteiger partial charge in [0, 0.05) is 12.6 Å². The van der Waals surface area contributed by atoms with Gasteiger partial charge in [-0.25, -0.2) is 18.1 Å². The van der Waals surface area contributed by atoms with E-state index in [2.05, 4.69) is 33.8 Å². The standard InChI is InChI=1S/C16H26N4O4S/c1-12(2)7-8-20-10-17-16(18-11-20)19-25(21,22)13-5-6-14(23-3)15(9-13)24-4/h5-6,9,12H,7-8,10-11H2,1-4H3,(H2,17,18,19). The molecule has 0 radical (unpaired) electrons. The number of sulfonamides is 1. The molecule has 0 bridgehead atoms. The lowest BCUT2D eigenvalue weighted by Crippen LogP contribution is -2.50. The van der Waals surface area contributed by atoms with Crippen LogP contribution in [0.15, 0.2) is 28.1 Å². The van der Waals surface area contributed by atoms with Gasteiger partial charge in [0.1, 0.15) is 0 Å². The second kappa shape index (κ2) is 8.39. The minimum atomic E-state index is -3.76. The van der Waals surface area contributed by atoms with Crippen LogP contribution in [0.5, 0.6) is 11.5 Å². The Labute approximate surface area is 149 Å². The van der Waals surface area contributed by atoms with Gasteiger partial charge in [-0.3, -0.25) is 4.90 Å². The number of guanidine groups is 1. The van der Waals surface area contributed by atoms with Gasteiger partial charge in [-0.05, 0) is 24.5 Å². The molecule has 0 saturated carbocycles. The Morgan fingerprint density at radius 2 is 2.00 bits per heavy atom. The van der Waals surface area contributed by atoms with Crippen LogP contribution >= 0.6 is 0 Å². The molecule has 1 aromatic rings. The molecule has 0 aromatic heterocycles. The lowest BCUT2D eigenvalue weighted by Gasteiger charge is -2.27. The molecule has 0 amide bonds. The third-order valence-corrected chi connectivity index (χ3v) is 5.15. The van der Waals surface area contributed by atoms with E-state index in [1.807, 2.05) is 0 Å². The Morgan fingerprint density at radius 1 is 1.28 bits per heavy atom. The summed E-state index contributed by atoms with van der Waals surface area (Å²) in [7, 11) is -0.803. The summed E-state index contributed by atoms with van der Waals surface area (Å²) in [4.78, 5) is 6.46. The summed E-state index contributed by atoms with van der Waals surface area (Å²) in [6.07, 6.45) is 1.07. The molecule has 8 nitrogen and oxygen atoms in total. The highest BCUT2D eigenvalue weighted by Crippen LogP contribution is 2.29. The van der Waals surface area contributed by atoms with Gasteiger partial charge in [0.05, 0.1) is 32.5 Å². The molecule has 0 aliphatic carbocycles. The quantitative estimate of drug-likeness (QED) is 0.749. The van der Waals surface area contributed by atoms with Crippen LogP contribution in [-0.4, -0.2) is 53.4 Å². The van der Waals surface area contributed by atoms with Gasteiger partial charge in [0.25, 0.3) is 10.0 Å². The summed E-state index contributed by atoms with van der Waals surface area (Å²) in [5.41, 5.74) is 0. The highest BCUT2D eigenvalue weighted by molar-refractivity contribution is 7.90. The van der Waals surface area contributed by atoms with E-state index in [9.17, 15) is 8.42 Å². The van der Waals surface area contributed by atoms with Gasteiger partial charge in [-0.2, -0.15) is 0 Å². The fraction of sp³-hybridized carbons (Fsp3) is 0.562. The Morgan fingerprint density at radius 3 is 2.56 bits per heavy atom. The number of aliphatic imine (C=N–C) groups is 1. The van der Waals surface area contributed by atoms with Crippen molar-refractivity contribution in [2.24, 2.45) is 10.9 Å². The Balaban J connectivity index is 2.04. The maximum Gasteiger partial charge on any atom is 0.264 e. The number of nitrogens with one attached hydrogen (secondary N) is 2. The van der Waals surface area contributed by atoms with Crippen molar-refractivity contribution >= 4 is 16.0 Å². The van der Waals surface area contributed by atoms with Crippen LogP contribution in [-0.2, 0) is 10.0 Å². The topological polar surface area (TPSA) is 92.3 Å². The fourth-order valence-corrected chi connectivity index (χ4v) is 3.31. The van der Waals surface area contributed by atoms with Crippen LogP contribution in [0, 0.1) is 5.92 Å². The van der Waals surface area contributed by atoms with Gasteiger partial charge in [0.15, 0.2) is 11.5 Å². The predicted octanol–water partition coefficient (Wildman–Crippen LogP) is 1.20. The maximum absolute atomic E-state index is 12.5. The molecule has 0 spiro atoms. The maximum atomic E-state index is 12.5. The molecule has 2 rings (SSSR count). The third kappa shape index (κ3) is 5.23. The molecule has 25 heavy (non-hydrogen) atoms. The first-order chi connectivity index (χ1) is 11.9. The van der Waals surface area contributed by atoms with E-state index in [4.69, 9.17) is 9.47 Å². The molecule has 1 aliphatic heterocycles. The molecular weight excluding hydrogens is 344 g/mol. The molecule has 2 N–H and O–H groups in total. The number of hydrogen-bond acceptors (Lipinski definition) is 7. The first-order valence-corrected chi connectivity index (χ1v) is 9.59. The van der Waals surface area contributed by atoms with Crippen LogP contribution < -0.4 is 19.5 Å². The molecule has 0 fully saturated rings. The van der Waals surface area contributed by atoms with Crippen molar-refractivity contribution in [1.82, 2.24) is 14.9 Å². The Hall–Kier alpha value is -2.00. The van der Waals surface area contributed by atoms with Crippen molar-refractivity contribution < 1.29 is 17.9 Å². The van der Waals surface area contributed by atoms with E-state index in [0.29, 0.717) is 30.8 Å². The largest absolute Gasteiger partial charge is 0.493 e. The molecule has 1 aliphatic rings. The summed E-state index contributed by atoms with van der Waals surface area (Å²) in [6.45, 7) is 6.28. The van der Waals surface area contributed by atoms with Crippen LogP contribution in [0.25, 0.3) is 0 Å². The van der Waals surface area contributed by atoms with Crippen LogP contribution in [0.2, 0.25) is 0 Å². The van der Waals surface area contributed by atoms with Gasteiger partial charge in [0.2, 0.25) is 5.96 Å². The Kier molecular flexibility index (Phi) is 6.49.